The van der Waals surface area contributed by atoms with E-state index in [4.69, 9.17) is 11.6 Å². The number of ether oxygens (including phenoxy) is 1. The third kappa shape index (κ3) is 2.48. The maximum Gasteiger partial charge on any atom is 0.339 e. The van der Waals surface area contributed by atoms with Crippen molar-refractivity contribution in [2.24, 2.45) is 0 Å². The number of esters is 1. The molecule has 0 fully saturated rings. The van der Waals surface area contributed by atoms with Crippen molar-refractivity contribution in [3.8, 4) is 0 Å². The van der Waals surface area contributed by atoms with Crippen LogP contribution in [0.3, 0.4) is 0 Å². The third-order valence-electron chi connectivity index (χ3n) is 1.78. The number of hydrogen-bond acceptors (Lipinski definition) is 3. The first-order valence-corrected chi connectivity index (χ1v) is 5.05. The Hall–Kier alpha value is -0.650. The first-order valence-electron chi connectivity index (χ1n) is 3.88. The molecular formula is C9H7BrClFO3. The SMILES string of the molecule is COC(=O)C(O)c1c(F)ccc(Br)c1Cl. The molecule has 0 saturated heterocycles. The van der Waals surface area contributed by atoms with Crippen LogP contribution < -0.4 is 0 Å². The number of aliphatic hydroxyl groups excluding tert-OH is 1. The second-order valence-corrected chi connectivity index (χ2v) is 3.91. The van der Waals surface area contributed by atoms with Crippen molar-refractivity contribution in [2.45, 2.75) is 6.10 Å². The molecule has 0 aliphatic rings. The smallest absolute Gasteiger partial charge is 0.339 e. The fourth-order valence-electron chi connectivity index (χ4n) is 1.02. The molecule has 82 valence electrons. The van der Waals surface area contributed by atoms with Gasteiger partial charge in [0.05, 0.1) is 12.1 Å². The first-order chi connectivity index (χ1) is 6.99. The van der Waals surface area contributed by atoms with Gasteiger partial charge in [-0.1, -0.05) is 11.6 Å². The van der Waals surface area contributed by atoms with Crippen molar-refractivity contribution < 1.29 is 19.0 Å². The van der Waals surface area contributed by atoms with E-state index in [0.717, 1.165) is 13.2 Å². The lowest BCUT2D eigenvalue weighted by Crippen LogP contribution is -2.15. The number of benzene rings is 1. The van der Waals surface area contributed by atoms with Gasteiger partial charge in [0.2, 0.25) is 0 Å². The summed E-state index contributed by atoms with van der Waals surface area (Å²) in [4.78, 5) is 11.0. The number of aliphatic hydroxyl groups is 1. The summed E-state index contributed by atoms with van der Waals surface area (Å²) in [6, 6.07) is 2.47. The Balaban J connectivity index is 3.24. The highest BCUT2D eigenvalue weighted by Crippen LogP contribution is 2.32. The lowest BCUT2D eigenvalue weighted by Gasteiger charge is -2.12. The molecule has 6 heteroatoms. The lowest BCUT2D eigenvalue weighted by molar-refractivity contribution is -0.150. The van der Waals surface area contributed by atoms with Gasteiger partial charge in [0, 0.05) is 10.0 Å². The van der Waals surface area contributed by atoms with E-state index in [2.05, 4.69) is 20.7 Å². The number of rotatable bonds is 2. The minimum atomic E-state index is -1.72. The van der Waals surface area contributed by atoms with E-state index >= 15 is 0 Å². The van der Waals surface area contributed by atoms with Crippen LogP contribution >= 0.6 is 27.5 Å². The van der Waals surface area contributed by atoms with Crippen molar-refractivity contribution in [3.05, 3.63) is 33.0 Å². The Labute approximate surface area is 98.9 Å². The van der Waals surface area contributed by atoms with E-state index < -0.39 is 17.9 Å². The number of carbonyl (C=O) groups is 1. The summed E-state index contributed by atoms with van der Waals surface area (Å²) >= 11 is 8.80. The molecule has 1 rings (SSSR count). The summed E-state index contributed by atoms with van der Waals surface area (Å²) in [7, 11) is 1.09. The van der Waals surface area contributed by atoms with Gasteiger partial charge in [-0.25, -0.2) is 9.18 Å². The van der Waals surface area contributed by atoms with E-state index in [1.54, 1.807) is 0 Å². The first kappa shape index (κ1) is 12.4. The number of hydrogen-bond donors (Lipinski definition) is 1. The number of halogens is 3. The van der Waals surface area contributed by atoms with Crippen LogP contribution in [-0.2, 0) is 9.53 Å². The van der Waals surface area contributed by atoms with Crippen LogP contribution in [0.25, 0.3) is 0 Å². The Morgan fingerprint density at radius 1 is 1.67 bits per heavy atom. The molecule has 0 spiro atoms. The molecule has 3 nitrogen and oxygen atoms in total. The normalized spacial score (nSPS) is 12.3. The minimum absolute atomic E-state index is 0.0482. The zero-order valence-electron chi connectivity index (χ0n) is 7.63. The largest absolute Gasteiger partial charge is 0.467 e. The molecule has 0 heterocycles. The molecule has 1 atom stereocenters. The third-order valence-corrected chi connectivity index (χ3v) is 3.07. The zero-order valence-corrected chi connectivity index (χ0v) is 9.97. The lowest BCUT2D eigenvalue weighted by atomic mass is 10.1. The van der Waals surface area contributed by atoms with Crippen LogP contribution in [0.2, 0.25) is 5.02 Å². The molecule has 1 aromatic rings. The van der Waals surface area contributed by atoms with Gasteiger partial charge in [0.1, 0.15) is 5.82 Å². The molecule has 1 N–H and O–H groups in total. The maximum absolute atomic E-state index is 13.3. The highest BCUT2D eigenvalue weighted by molar-refractivity contribution is 9.10. The van der Waals surface area contributed by atoms with Gasteiger partial charge in [-0.05, 0) is 28.1 Å². The summed E-state index contributed by atoms with van der Waals surface area (Å²) < 4.78 is 18.0. The van der Waals surface area contributed by atoms with Gasteiger partial charge < -0.3 is 9.84 Å². The van der Waals surface area contributed by atoms with Gasteiger partial charge >= 0.3 is 5.97 Å². The standard InChI is InChI=1S/C9H7BrClFO3/c1-15-9(14)8(13)6-5(12)3-2-4(10)7(6)11/h2-3,8,13H,1H3. The van der Waals surface area contributed by atoms with E-state index in [1.807, 2.05) is 0 Å². The predicted octanol–water partition coefficient (Wildman–Crippen LogP) is 2.45. The molecule has 1 unspecified atom stereocenters. The summed E-state index contributed by atoms with van der Waals surface area (Å²) in [5, 5.41) is 9.41. The summed E-state index contributed by atoms with van der Waals surface area (Å²) in [6.07, 6.45) is -1.72. The fourth-order valence-corrected chi connectivity index (χ4v) is 1.63. The zero-order chi connectivity index (χ0) is 11.6. The summed E-state index contributed by atoms with van der Waals surface area (Å²) in [5.74, 6) is -1.73. The Bertz CT molecular complexity index is 397. The van der Waals surface area contributed by atoms with Gasteiger partial charge in [0.25, 0.3) is 0 Å². The highest BCUT2D eigenvalue weighted by atomic mass is 79.9. The summed E-state index contributed by atoms with van der Waals surface area (Å²) in [6.45, 7) is 0. The van der Waals surface area contributed by atoms with E-state index in [1.165, 1.54) is 6.07 Å². The molecule has 15 heavy (non-hydrogen) atoms. The Morgan fingerprint density at radius 2 is 2.27 bits per heavy atom. The van der Waals surface area contributed by atoms with E-state index in [0.29, 0.717) is 4.47 Å². The quantitative estimate of drug-likeness (QED) is 0.674. The van der Waals surface area contributed by atoms with Crippen LogP contribution in [-0.4, -0.2) is 18.2 Å². The van der Waals surface area contributed by atoms with E-state index in [9.17, 15) is 14.3 Å². The van der Waals surface area contributed by atoms with Gasteiger partial charge in [0.15, 0.2) is 6.10 Å². The van der Waals surface area contributed by atoms with Crippen LogP contribution in [0, 0.1) is 5.82 Å². The van der Waals surface area contributed by atoms with Gasteiger partial charge in [-0.15, -0.1) is 0 Å². The average molecular weight is 298 g/mol. The molecule has 0 bridgehead atoms. The Morgan fingerprint density at radius 3 is 2.80 bits per heavy atom. The second kappa shape index (κ2) is 4.92. The molecule has 0 amide bonds. The van der Waals surface area contributed by atoms with Crippen molar-refractivity contribution in [2.75, 3.05) is 7.11 Å². The topological polar surface area (TPSA) is 46.5 Å². The predicted molar refractivity (Wildman–Crippen MR) is 56.1 cm³/mol. The van der Waals surface area contributed by atoms with Crippen LogP contribution in [0.15, 0.2) is 16.6 Å². The van der Waals surface area contributed by atoms with Crippen LogP contribution in [0.1, 0.15) is 11.7 Å². The monoisotopic (exact) mass is 296 g/mol. The van der Waals surface area contributed by atoms with Crippen molar-refractivity contribution >= 4 is 33.5 Å². The van der Waals surface area contributed by atoms with Crippen LogP contribution in [0.4, 0.5) is 4.39 Å². The van der Waals surface area contributed by atoms with Crippen molar-refractivity contribution in [1.82, 2.24) is 0 Å². The Kier molecular flexibility index (Phi) is 4.07. The van der Waals surface area contributed by atoms with E-state index in [-0.39, 0.29) is 10.6 Å². The fraction of sp³-hybridized carbons (Fsp3) is 0.222. The van der Waals surface area contributed by atoms with Gasteiger partial charge in [-0.3, -0.25) is 0 Å². The maximum atomic E-state index is 13.3. The number of methoxy groups -OCH3 is 1. The molecular weight excluding hydrogens is 290 g/mol. The molecule has 0 radical (unpaired) electrons. The molecule has 0 aromatic heterocycles. The molecule has 0 aliphatic heterocycles. The van der Waals surface area contributed by atoms with Crippen LogP contribution in [0.5, 0.6) is 0 Å². The molecule has 1 aromatic carbocycles. The molecule has 0 aliphatic carbocycles. The number of carbonyl (C=O) groups excluding carboxylic acids is 1. The molecule has 0 saturated carbocycles. The van der Waals surface area contributed by atoms with Gasteiger partial charge in [-0.2, -0.15) is 0 Å². The summed E-state index contributed by atoms with van der Waals surface area (Å²) in [5.41, 5.74) is -0.294. The minimum Gasteiger partial charge on any atom is -0.467 e. The highest BCUT2D eigenvalue weighted by Gasteiger charge is 2.25. The second-order valence-electron chi connectivity index (χ2n) is 2.68. The average Bonchev–Trinajstić information content (AvgIpc) is 2.22. The van der Waals surface area contributed by atoms with Crippen molar-refractivity contribution in [3.63, 3.8) is 0 Å². The van der Waals surface area contributed by atoms with Crippen molar-refractivity contribution in [1.29, 1.82) is 0 Å².